The lowest BCUT2D eigenvalue weighted by Crippen LogP contribution is -2.46. The molecule has 0 unspecified atom stereocenters. The second-order valence-corrected chi connectivity index (χ2v) is 6.11. The van der Waals surface area contributed by atoms with Crippen LogP contribution in [0.2, 0.25) is 0 Å². The van der Waals surface area contributed by atoms with E-state index in [1.807, 2.05) is 0 Å². The Morgan fingerprint density at radius 2 is 2.19 bits per heavy atom. The van der Waals surface area contributed by atoms with Gasteiger partial charge >= 0.3 is 5.97 Å². The molecule has 1 aliphatic carbocycles. The number of hydrogen-bond acceptors (Lipinski definition) is 2. The number of ether oxygens (including phenoxy) is 1. The predicted molar refractivity (Wildman–Crippen MR) is 63.9 cm³/mol. The first kappa shape index (κ1) is 11.7. The highest BCUT2D eigenvalue weighted by Gasteiger charge is 2.46. The Balaban J connectivity index is 2.13. The molecular weight excluding hydrogens is 200 g/mol. The average Bonchev–Trinajstić information content (AvgIpc) is 2.19. The topological polar surface area (TPSA) is 26.3 Å². The smallest absolute Gasteiger partial charge is 0.333 e. The van der Waals surface area contributed by atoms with Gasteiger partial charge in [0.05, 0.1) is 0 Å². The molecule has 1 aliphatic heterocycles. The lowest BCUT2D eigenvalue weighted by atomic mass is 9.63. The molecule has 16 heavy (non-hydrogen) atoms. The van der Waals surface area contributed by atoms with Gasteiger partial charge in [-0.15, -0.1) is 0 Å². The summed E-state index contributed by atoms with van der Waals surface area (Å²) in [5.41, 5.74) is 0.804. The number of carbonyl (C=O) groups excluding carboxylic acids is 1. The largest absolute Gasteiger partial charge is 0.458 e. The molecule has 1 saturated carbocycles. The SMILES string of the molecule is C=C1C[C@@]2(C)CC[C@H](C(C)C)C[C@@H]2OC1=O. The van der Waals surface area contributed by atoms with Gasteiger partial charge in [0.1, 0.15) is 6.10 Å². The Hall–Kier alpha value is -0.790. The Morgan fingerprint density at radius 1 is 1.50 bits per heavy atom. The third-order valence-electron chi connectivity index (χ3n) is 4.48. The highest BCUT2D eigenvalue weighted by molar-refractivity contribution is 5.88. The highest BCUT2D eigenvalue weighted by atomic mass is 16.5. The molecule has 3 atom stereocenters. The van der Waals surface area contributed by atoms with Crippen LogP contribution in [0.3, 0.4) is 0 Å². The van der Waals surface area contributed by atoms with Crippen LogP contribution >= 0.6 is 0 Å². The van der Waals surface area contributed by atoms with Crippen molar-refractivity contribution in [2.75, 3.05) is 0 Å². The monoisotopic (exact) mass is 222 g/mol. The van der Waals surface area contributed by atoms with Crippen molar-refractivity contribution in [3.05, 3.63) is 12.2 Å². The van der Waals surface area contributed by atoms with Gasteiger partial charge < -0.3 is 4.74 Å². The van der Waals surface area contributed by atoms with E-state index in [-0.39, 0.29) is 17.5 Å². The van der Waals surface area contributed by atoms with Gasteiger partial charge in [0, 0.05) is 11.0 Å². The quantitative estimate of drug-likeness (QED) is 0.502. The maximum Gasteiger partial charge on any atom is 0.333 e. The summed E-state index contributed by atoms with van der Waals surface area (Å²) < 4.78 is 5.55. The third-order valence-corrected chi connectivity index (χ3v) is 4.48. The van der Waals surface area contributed by atoms with Gasteiger partial charge in [-0.05, 0) is 37.5 Å². The molecule has 1 heterocycles. The van der Waals surface area contributed by atoms with Crippen LogP contribution in [-0.2, 0) is 9.53 Å². The van der Waals surface area contributed by atoms with E-state index in [1.165, 1.54) is 6.42 Å². The molecule has 0 aromatic rings. The molecule has 2 heteroatoms. The van der Waals surface area contributed by atoms with E-state index >= 15 is 0 Å². The summed E-state index contributed by atoms with van der Waals surface area (Å²) in [6.07, 6.45) is 4.39. The standard InChI is InChI=1S/C14H22O2/c1-9(2)11-5-6-14(4)8-10(3)13(15)16-12(14)7-11/h9,11-12H,3,5-8H2,1-2,4H3/t11-,12-,14+/m0/s1. The fraction of sp³-hybridized carbons (Fsp3) is 0.786. The van der Waals surface area contributed by atoms with Crippen LogP contribution in [0.25, 0.3) is 0 Å². The minimum atomic E-state index is -0.174. The summed E-state index contributed by atoms with van der Waals surface area (Å²) in [7, 11) is 0. The molecular formula is C14H22O2. The molecule has 2 aliphatic rings. The number of hydrogen-bond donors (Lipinski definition) is 0. The zero-order chi connectivity index (χ0) is 11.9. The van der Waals surface area contributed by atoms with Crippen LogP contribution in [0.1, 0.15) is 46.5 Å². The van der Waals surface area contributed by atoms with Crippen LogP contribution in [0, 0.1) is 17.3 Å². The van der Waals surface area contributed by atoms with Gasteiger partial charge in [-0.2, -0.15) is 0 Å². The Bertz CT molecular complexity index is 319. The van der Waals surface area contributed by atoms with Crippen LogP contribution in [0.15, 0.2) is 12.2 Å². The van der Waals surface area contributed by atoms with Crippen molar-refractivity contribution >= 4 is 5.97 Å². The van der Waals surface area contributed by atoms with Crippen LogP contribution < -0.4 is 0 Å². The average molecular weight is 222 g/mol. The van der Waals surface area contributed by atoms with E-state index in [4.69, 9.17) is 4.74 Å². The number of rotatable bonds is 1. The first-order valence-corrected chi connectivity index (χ1v) is 6.31. The van der Waals surface area contributed by atoms with E-state index < -0.39 is 0 Å². The normalized spacial score (nSPS) is 39.5. The fourth-order valence-corrected chi connectivity index (χ4v) is 3.12. The van der Waals surface area contributed by atoms with E-state index in [1.54, 1.807) is 0 Å². The molecule has 90 valence electrons. The van der Waals surface area contributed by atoms with Gasteiger partial charge in [-0.1, -0.05) is 27.4 Å². The van der Waals surface area contributed by atoms with Crippen molar-refractivity contribution in [1.82, 2.24) is 0 Å². The van der Waals surface area contributed by atoms with Gasteiger partial charge in [0.15, 0.2) is 0 Å². The summed E-state index contributed by atoms with van der Waals surface area (Å²) in [5, 5.41) is 0. The van der Waals surface area contributed by atoms with E-state index in [2.05, 4.69) is 27.4 Å². The molecule has 0 N–H and O–H groups in total. The van der Waals surface area contributed by atoms with E-state index in [0.29, 0.717) is 17.4 Å². The molecule has 0 bridgehead atoms. The summed E-state index contributed by atoms with van der Waals surface area (Å²) in [5.74, 6) is 1.22. The van der Waals surface area contributed by atoms with Crippen LogP contribution in [0.4, 0.5) is 0 Å². The maximum absolute atomic E-state index is 11.5. The maximum atomic E-state index is 11.5. The molecule has 0 aromatic heterocycles. The third kappa shape index (κ3) is 1.90. The summed E-state index contributed by atoms with van der Waals surface area (Å²) in [4.78, 5) is 11.5. The first-order valence-electron chi connectivity index (χ1n) is 6.31. The molecule has 0 amide bonds. The zero-order valence-electron chi connectivity index (χ0n) is 10.6. The second-order valence-electron chi connectivity index (χ2n) is 6.11. The van der Waals surface area contributed by atoms with Crippen molar-refractivity contribution in [3.8, 4) is 0 Å². The van der Waals surface area contributed by atoms with Crippen molar-refractivity contribution in [2.45, 2.75) is 52.6 Å². The second kappa shape index (κ2) is 3.90. The number of carbonyl (C=O) groups is 1. The molecule has 2 fully saturated rings. The molecule has 0 spiro atoms. The van der Waals surface area contributed by atoms with Crippen molar-refractivity contribution in [1.29, 1.82) is 0 Å². The van der Waals surface area contributed by atoms with Gasteiger partial charge in [-0.25, -0.2) is 4.79 Å². The summed E-state index contributed by atoms with van der Waals surface area (Å²) >= 11 is 0. The molecule has 2 rings (SSSR count). The van der Waals surface area contributed by atoms with E-state index in [9.17, 15) is 4.79 Å². The number of esters is 1. The van der Waals surface area contributed by atoms with Crippen LogP contribution in [0.5, 0.6) is 0 Å². The van der Waals surface area contributed by atoms with E-state index in [0.717, 1.165) is 19.3 Å². The van der Waals surface area contributed by atoms with Gasteiger partial charge in [-0.3, -0.25) is 0 Å². The van der Waals surface area contributed by atoms with Crippen molar-refractivity contribution in [2.24, 2.45) is 17.3 Å². The minimum absolute atomic E-state index is 0.117. The van der Waals surface area contributed by atoms with Crippen molar-refractivity contribution in [3.63, 3.8) is 0 Å². The Kier molecular flexibility index (Phi) is 2.85. The molecule has 0 aromatic carbocycles. The zero-order valence-corrected chi connectivity index (χ0v) is 10.6. The van der Waals surface area contributed by atoms with Crippen LogP contribution in [-0.4, -0.2) is 12.1 Å². The fourth-order valence-electron chi connectivity index (χ4n) is 3.12. The van der Waals surface area contributed by atoms with Gasteiger partial charge in [0.2, 0.25) is 0 Å². The first-order chi connectivity index (χ1) is 7.42. The van der Waals surface area contributed by atoms with Crippen molar-refractivity contribution < 1.29 is 9.53 Å². The minimum Gasteiger partial charge on any atom is -0.458 e. The Morgan fingerprint density at radius 3 is 2.81 bits per heavy atom. The van der Waals surface area contributed by atoms with Gasteiger partial charge in [0.25, 0.3) is 0 Å². The molecule has 2 nitrogen and oxygen atoms in total. The summed E-state index contributed by atoms with van der Waals surface area (Å²) in [6.45, 7) is 10.6. The lowest BCUT2D eigenvalue weighted by Gasteiger charge is -2.47. The predicted octanol–water partition coefficient (Wildman–Crippen LogP) is 3.32. The highest BCUT2D eigenvalue weighted by Crippen LogP contribution is 2.48. The Labute approximate surface area is 98.1 Å². The lowest BCUT2D eigenvalue weighted by molar-refractivity contribution is -0.164. The molecule has 1 saturated heterocycles. The summed E-state index contributed by atoms with van der Waals surface area (Å²) in [6, 6.07) is 0. The number of fused-ring (bicyclic) bond motifs is 1. The molecule has 0 radical (unpaired) electrons.